The summed E-state index contributed by atoms with van der Waals surface area (Å²) in [5.41, 5.74) is 31.1. The number of fused-ring (bicyclic) bond motifs is 11. The average molecular weight is 932 g/mol. The molecule has 11 aromatic rings. The van der Waals surface area contributed by atoms with E-state index in [0.29, 0.717) is 0 Å². The first-order chi connectivity index (χ1) is 35.7. The monoisotopic (exact) mass is 931 g/mol. The van der Waals surface area contributed by atoms with Gasteiger partial charge in [-0.3, -0.25) is 0 Å². The van der Waals surface area contributed by atoms with Crippen LogP contribution in [0.25, 0.3) is 100 Å². The van der Waals surface area contributed by atoms with Crippen LogP contribution in [-0.4, -0.2) is 0 Å². The van der Waals surface area contributed by atoms with E-state index in [4.69, 9.17) is 0 Å². The van der Waals surface area contributed by atoms with Crippen LogP contribution in [0.4, 0.5) is 17.1 Å². The third-order valence-electron chi connectivity index (χ3n) is 16.5. The Hall–Kier alpha value is -8.78. The summed E-state index contributed by atoms with van der Waals surface area (Å²) in [5, 5.41) is 0. The van der Waals surface area contributed by atoms with Gasteiger partial charge in [-0.2, -0.15) is 0 Å². The van der Waals surface area contributed by atoms with Gasteiger partial charge in [0.1, 0.15) is 0 Å². The lowest BCUT2D eigenvalue weighted by Crippen LogP contribution is -2.17. The summed E-state index contributed by atoms with van der Waals surface area (Å²) in [5.74, 6) is 0. The van der Waals surface area contributed by atoms with Crippen molar-refractivity contribution in [3.05, 3.63) is 271 Å². The number of para-hydroxylation sites is 1. The van der Waals surface area contributed by atoms with E-state index in [1.807, 2.05) is 0 Å². The number of benzene rings is 11. The van der Waals surface area contributed by atoms with Crippen LogP contribution in [-0.2, 0) is 10.8 Å². The second-order valence-corrected chi connectivity index (χ2v) is 21.3. The molecule has 0 N–H and O–H groups in total. The molecular weight excluding hydrogens is 879 g/mol. The maximum atomic E-state index is 2.53. The van der Waals surface area contributed by atoms with E-state index in [-0.39, 0.29) is 10.8 Å². The number of anilines is 3. The van der Waals surface area contributed by atoms with E-state index in [2.05, 4.69) is 281 Å². The molecule has 73 heavy (non-hydrogen) atoms. The fraction of sp³-hybridized carbons (Fsp3) is 0.0833. The van der Waals surface area contributed by atoms with E-state index < -0.39 is 0 Å². The fourth-order valence-corrected chi connectivity index (χ4v) is 12.5. The van der Waals surface area contributed by atoms with Crippen molar-refractivity contribution in [3.63, 3.8) is 0 Å². The van der Waals surface area contributed by atoms with Crippen LogP contribution in [0.3, 0.4) is 0 Å². The van der Waals surface area contributed by atoms with Gasteiger partial charge in [0.15, 0.2) is 0 Å². The highest BCUT2D eigenvalue weighted by atomic mass is 15.1. The van der Waals surface area contributed by atoms with Crippen molar-refractivity contribution in [1.82, 2.24) is 0 Å². The highest BCUT2D eigenvalue weighted by Crippen LogP contribution is 2.56. The lowest BCUT2D eigenvalue weighted by Gasteiger charge is -2.29. The van der Waals surface area contributed by atoms with Crippen molar-refractivity contribution in [1.29, 1.82) is 0 Å². The van der Waals surface area contributed by atoms with Gasteiger partial charge in [-0.05, 0) is 160 Å². The summed E-state index contributed by atoms with van der Waals surface area (Å²) in [6, 6.07) is 93.0. The lowest BCUT2D eigenvalue weighted by atomic mass is 9.81. The summed E-state index contributed by atoms with van der Waals surface area (Å²) in [6.45, 7) is 9.55. The van der Waals surface area contributed by atoms with Crippen LogP contribution >= 0.6 is 0 Å². The van der Waals surface area contributed by atoms with Gasteiger partial charge in [-0.15, -0.1) is 0 Å². The maximum Gasteiger partial charge on any atom is 0.0540 e. The van der Waals surface area contributed by atoms with Gasteiger partial charge in [-0.1, -0.05) is 228 Å². The van der Waals surface area contributed by atoms with Crippen molar-refractivity contribution in [2.75, 3.05) is 4.90 Å². The van der Waals surface area contributed by atoms with Gasteiger partial charge >= 0.3 is 0 Å². The van der Waals surface area contributed by atoms with Crippen molar-refractivity contribution < 1.29 is 0 Å². The van der Waals surface area contributed by atoms with Crippen molar-refractivity contribution in [2.24, 2.45) is 0 Å². The Bertz CT molecular complexity index is 3990. The molecule has 3 aliphatic rings. The highest BCUT2D eigenvalue weighted by molar-refractivity contribution is 6.05. The van der Waals surface area contributed by atoms with Gasteiger partial charge in [0.05, 0.1) is 11.4 Å². The molecule has 346 valence electrons. The molecule has 11 aromatic carbocycles. The zero-order chi connectivity index (χ0) is 49.0. The van der Waals surface area contributed by atoms with E-state index in [9.17, 15) is 0 Å². The third kappa shape index (κ3) is 6.83. The van der Waals surface area contributed by atoms with Crippen LogP contribution in [0, 0.1) is 0 Å². The normalized spacial score (nSPS) is 13.9. The van der Waals surface area contributed by atoms with Crippen LogP contribution in [0.15, 0.2) is 249 Å². The Morgan fingerprint density at radius 2 is 0.575 bits per heavy atom. The summed E-state index contributed by atoms with van der Waals surface area (Å²) in [6.07, 6.45) is 0. The molecule has 2 aliphatic carbocycles. The Morgan fingerprint density at radius 1 is 0.219 bits per heavy atom. The Morgan fingerprint density at radius 3 is 1.19 bits per heavy atom. The van der Waals surface area contributed by atoms with Crippen molar-refractivity contribution in [3.8, 4) is 100 Å². The maximum absolute atomic E-state index is 2.53. The largest absolute Gasteiger partial charge is 0.309 e. The topological polar surface area (TPSA) is 3.24 Å². The van der Waals surface area contributed by atoms with E-state index in [1.54, 1.807) is 0 Å². The summed E-state index contributed by atoms with van der Waals surface area (Å²) < 4.78 is 0. The molecule has 0 spiro atoms. The van der Waals surface area contributed by atoms with Gasteiger partial charge in [0.2, 0.25) is 0 Å². The van der Waals surface area contributed by atoms with E-state index in [0.717, 1.165) is 5.69 Å². The van der Waals surface area contributed by atoms with Crippen molar-refractivity contribution in [2.45, 2.75) is 38.5 Å². The minimum Gasteiger partial charge on any atom is -0.309 e. The molecule has 0 amide bonds. The molecule has 0 radical (unpaired) electrons. The smallest absolute Gasteiger partial charge is 0.0540 e. The summed E-state index contributed by atoms with van der Waals surface area (Å²) in [4.78, 5) is 2.53. The van der Waals surface area contributed by atoms with Gasteiger partial charge in [0.25, 0.3) is 0 Å². The molecule has 0 unspecified atom stereocenters. The SMILES string of the molecule is CC1(C)c2ccccc2-c2ccc(-c3ccc4c(c3)-c3cc(-c5ccccc5)ccc3-c3ccccc3N4c3ccc4c(c3)C(C)(C)c3cc(-c5ccc(-c6ccc(-c7ccccc7)cc6)cc5)ccc3-4)cc21. The van der Waals surface area contributed by atoms with Gasteiger partial charge in [-0.25, -0.2) is 0 Å². The summed E-state index contributed by atoms with van der Waals surface area (Å²) >= 11 is 0. The standard InChI is InChI=1S/C72H53N/c1-71(2)65-21-13-11-19-58(65)59-38-33-55(44-66(59)71)53-34-40-70-64(42-53)63-41-52(47-17-9-6-10-18-47)31-36-57(63)62-20-12-14-22-69(62)73(70)56-35-39-61-60-37-32-54(43-67(60)72(3,4)68(61)45-56)51-29-27-50(28-30-51)49-25-23-48(24-26-49)46-15-7-5-8-16-46/h5-45H,1-4H3. The highest BCUT2D eigenvalue weighted by Gasteiger charge is 2.38. The second-order valence-electron chi connectivity index (χ2n) is 21.3. The molecule has 0 aromatic heterocycles. The lowest BCUT2D eigenvalue weighted by molar-refractivity contribution is 0.660. The summed E-state index contributed by atoms with van der Waals surface area (Å²) in [7, 11) is 0. The molecule has 1 aliphatic heterocycles. The molecule has 1 heteroatoms. The number of hydrogen-bond acceptors (Lipinski definition) is 1. The Balaban J connectivity index is 0.859. The van der Waals surface area contributed by atoms with Crippen molar-refractivity contribution >= 4 is 17.1 Å². The zero-order valence-corrected chi connectivity index (χ0v) is 41.6. The molecule has 0 fully saturated rings. The predicted octanol–water partition coefficient (Wildman–Crippen LogP) is 19.8. The fourth-order valence-electron chi connectivity index (χ4n) is 12.5. The molecule has 1 nitrogen and oxygen atoms in total. The first kappa shape index (κ1) is 43.0. The number of rotatable bonds is 6. The first-order valence-corrected chi connectivity index (χ1v) is 25.7. The average Bonchev–Trinajstić information content (AvgIpc) is 3.76. The third-order valence-corrected chi connectivity index (χ3v) is 16.5. The molecule has 1 heterocycles. The molecular formula is C72H53N. The Kier molecular flexibility index (Phi) is 9.66. The van der Waals surface area contributed by atoms with E-state index in [1.165, 1.54) is 134 Å². The first-order valence-electron chi connectivity index (χ1n) is 25.7. The molecule has 14 rings (SSSR count). The number of hydrogen-bond donors (Lipinski definition) is 0. The van der Waals surface area contributed by atoms with Crippen LogP contribution in [0.5, 0.6) is 0 Å². The molecule has 0 bridgehead atoms. The molecule has 0 saturated carbocycles. The van der Waals surface area contributed by atoms with Gasteiger partial charge in [0, 0.05) is 27.6 Å². The van der Waals surface area contributed by atoms with Crippen LogP contribution in [0.1, 0.15) is 49.9 Å². The second kappa shape index (κ2) is 16.4. The minimum absolute atomic E-state index is 0.0887. The minimum atomic E-state index is -0.232. The molecule has 0 saturated heterocycles. The Labute approximate surface area is 429 Å². The zero-order valence-electron chi connectivity index (χ0n) is 41.6. The van der Waals surface area contributed by atoms with Crippen LogP contribution < -0.4 is 4.90 Å². The number of nitrogens with zero attached hydrogens (tertiary/aromatic N) is 1. The molecule has 0 atom stereocenters. The quantitative estimate of drug-likeness (QED) is 0.161. The van der Waals surface area contributed by atoms with Crippen LogP contribution in [0.2, 0.25) is 0 Å². The van der Waals surface area contributed by atoms with Gasteiger partial charge < -0.3 is 4.90 Å². The van der Waals surface area contributed by atoms with E-state index >= 15 is 0 Å². The predicted molar refractivity (Wildman–Crippen MR) is 308 cm³/mol.